The number of nitrogens with zero attached hydrogens (tertiary/aromatic N) is 2. The van der Waals surface area contributed by atoms with E-state index in [-0.39, 0.29) is 11.6 Å². The maximum Gasteiger partial charge on any atom is 0.0947 e. The SMILES string of the molecule is Cc1nc(CC(N)C2(N(C)C)CCCCC2)sc1C. The van der Waals surface area contributed by atoms with Gasteiger partial charge in [0.05, 0.1) is 10.7 Å². The molecule has 1 atom stereocenters. The highest BCUT2D eigenvalue weighted by molar-refractivity contribution is 7.11. The maximum atomic E-state index is 6.60. The van der Waals surface area contributed by atoms with Gasteiger partial charge in [-0.25, -0.2) is 4.98 Å². The summed E-state index contributed by atoms with van der Waals surface area (Å²) in [6.07, 6.45) is 7.34. The minimum Gasteiger partial charge on any atom is -0.326 e. The third kappa shape index (κ3) is 3.01. The van der Waals surface area contributed by atoms with Gasteiger partial charge in [-0.2, -0.15) is 0 Å². The number of likely N-dealkylation sites (N-methyl/N-ethyl adjacent to an activating group) is 1. The van der Waals surface area contributed by atoms with E-state index in [9.17, 15) is 0 Å². The molecule has 1 aromatic rings. The van der Waals surface area contributed by atoms with E-state index in [2.05, 4.69) is 37.8 Å². The molecule has 1 unspecified atom stereocenters. The zero-order chi connectivity index (χ0) is 14.0. The summed E-state index contributed by atoms with van der Waals surface area (Å²) >= 11 is 1.81. The van der Waals surface area contributed by atoms with Gasteiger partial charge in [0.2, 0.25) is 0 Å². The normalized spacial score (nSPS) is 20.7. The molecule has 0 aromatic carbocycles. The van der Waals surface area contributed by atoms with E-state index >= 15 is 0 Å². The van der Waals surface area contributed by atoms with Crippen molar-refractivity contribution >= 4 is 11.3 Å². The van der Waals surface area contributed by atoms with Gasteiger partial charge in [0, 0.05) is 22.9 Å². The molecule has 1 aliphatic rings. The molecule has 108 valence electrons. The van der Waals surface area contributed by atoms with E-state index in [4.69, 9.17) is 5.73 Å². The van der Waals surface area contributed by atoms with Gasteiger partial charge < -0.3 is 10.6 Å². The van der Waals surface area contributed by atoms with Crippen LogP contribution >= 0.6 is 11.3 Å². The van der Waals surface area contributed by atoms with Crippen LogP contribution in [-0.2, 0) is 6.42 Å². The van der Waals surface area contributed by atoms with Crippen LogP contribution in [0.2, 0.25) is 0 Å². The third-order valence-corrected chi connectivity index (χ3v) is 5.86. The second-order valence-corrected chi connectivity index (χ2v) is 7.41. The molecule has 0 spiro atoms. The molecular formula is C15H27N3S. The van der Waals surface area contributed by atoms with Crippen LogP contribution in [0.15, 0.2) is 0 Å². The monoisotopic (exact) mass is 281 g/mol. The lowest BCUT2D eigenvalue weighted by Crippen LogP contribution is -2.59. The Morgan fingerprint density at radius 3 is 2.37 bits per heavy atom. The lowest BCUT2D eigenvalue weighted by molar-refractivity contribution is 0.0715. The summed E-state index contributed by atoms with van der Waals surface area (Å²) in [5.74, 6) is 0. The van der Waals surface area contributed by atoms with Crippen molar-refractivity contribution in [2.24, 2.45) is 5.73 Å². The highest BCUT2D eigenvalue weighted by atomic mass is 32.1. The first kappa shape index (κ1) is 14.9. The summed E-state index contributed by atoms with van der Waals surface area (Å²) in [5, 5.41) is 1.20. The lowest BCUT2D eigenvalue weighted by Gasteiger charge is -2.47. The summed E-state index contributed by atoms with van der Waals surface area (Å²) in [4.78, 5) is 8.34. The summed E-state index contributed by atoms with van der Waals surface area (Å²) < 4.78 is 0. The lowest BCUT2D eigenvalue weighted by atomic mass is 9.74. The average molecular weight is 281 g/mol. The molecule has 0 aliphatic heterocycles. The van der Waals surface area contributed by atoms with Crippen molar-refractivity contribution in [2.45, 2.75) is 64.0 Å². The van der Waals surface area contributed by atoms with Crippen LogP contribution in [0.5, 0.6) is 0 Å². The van der Waals surface area contributed by atoms with Crippen LogP contribution in [-0.4, -0.2) is 35.6 Å². The minimum absolute atomic E-state index is 0.172. The van der Waals surface area contributed by atoms with E-state index in [0.717, 1.165) is 12.1 Å². The summed E-state index contributed by atoms with van der Waals surface area (Å²) in [7, 11) is 4.37. The van der Waals surface area contributed by atoms with Crippen molar-refractivity contribution in [3.05, 3.63) is 15.6 Å². The van der Waals surface area contributed by atoms with Gasteiger partial charge in [0.1, 0.15) is 0 Å². The number of nitrogens with two attached hydrogens (primary N) is 1. The molecule has 1 aromatic heterocycles. The number of aryl methyl sites for hydroxylation is 2. The smallest absolute Gasteiger partial charge is 0.0947 e. The Morgan fingerprint density at radius 2 is 1.89 bits per heavy atom. The van der Waals surface area contributed by atoms with Gasteiger partial charge in [-0.15, -0.1) is 11.3 Å². The number of hydrogen-bond donors (Lipinski definition) is 1. The van der Waals surface area contributed by atoms with Gasteiger partial charge in [-0.3, -0.25) is 0 Å². The van der Waals surface area contributed by atoms with Crippen molar-refractivity contribution < 1.29 is 0 Å². The van der Waals surface area contributed by atoms with Crippen molar-refractivity contribution in [3.8, 4) is 0 Å². The molecule has 1 saturated carbocycles. The van der Waals surface area contributed by atoms with Crippen molar-refractivity contribution in [3.63, 3.8) is 0 Å². The largest absolute Gasteiger partial charge is 0.326 e. The Balaban J connectivity index is 2.13. The molecule has 0 radical (unpaired) electrons. The van der Waals surface area contributed by atoms with Gasteiger partial charge in [-0.1, -0.05) is 19.3 Å². The van der Waals surface area contributed by atoms with Gasteiger partial charge >= 0.3 is 0 Å². The molecule has 0 saturated heterocycles. The Morgan fingerprint density at radius 1 is 1.26 bits per heavy atom. The number of hydrogen-bond acceptors (Lipinski definition) is 4. The van der Waals surface area contributed by atoms with E-state index in [1.54, 1.807) is 0 Å². The number of aromatic nitrogens is 1. The summed E-state index contributed by atoms with van der Waals surface area (Å²) in [5.41, 5.74) is 7.93. The van der Waals surface area contributed by atoms with Gasteiger partial charge in [0.15, 0.2) is 0 Å². The molecular weight excluding hydrogens is 254 g/mol. The molecule has 2 N–H and O–H groups in total. The molecule has 0 amide bonds. The van der Waals surface area contributed by atoms with E-state index < -0.39 is 0 Å². The molecule has 4 heteroatoms. The van der Waals surface area contributed by atoms with Gasteiger partial charge in [0.25, 0.3) is 0 Å². The predicted octanol–water partition coefficient (Wildman–Crippen LogP) is 2.89. The molecule has 1 heterocycles. The fourth-order valence-corrected chi connectivity index (χ4v) is 4.31. The van der Waals surface area contributed by atoms with E-state index in [0.29, 0.717) is 0 Å². The van der Waals surface area contributed by atoms with Crippen LogP contribution in [0.3, 0.4) is 0 Å². The fourth-order valence-electron chi connectivity index (χ4n) is 3.32. The van der Waals surface area contributed by atoms with Crippen LogP contribution < -0.4 is 5.73 Å². The first-order chi connectivity index (χ1) is 8.95. The maximum absolute atomic E-state index is 6.60. The standard InChI is InChI=1S/C15H27N3S/c1-11-12(2)19-14(17-11)10-13(16)15(18(3)4)8-6-5-7-9-15/h13H,5-10,16H2,1-4H3. The first-order valence-electron chi connectivity index (χ1n) is 7.31. The predicted molar refractivity (Wildman–Crippen MR) is 82.8 cm³/mol. The van der Waals surface area contributed by atoms with E-state index in [1.807, 2.05) is 11.3 Å². The quantitative estimate of drug-likeness (QED) is 0.922. The van der Waals surface area contributed by atoms with E-state index in [1.165, 1.54) is 42.0 Å². The van der Waals surface area contributed by atoms with Crippen molar-refractivity contribution in [2.75, 3.05) is 14.1 Å². The fraction of sp³-hybridized carbons (Fsp3) is 0.800. The van der Waals surface area contributed by atoms with Crippen LogP contribution in [0.25, 0.3) is 0 Å². The highest BCUT2D eigenvalue weighted by Crippen LogP contribution is 2.35. The average Bonchev–Trinajstić information content (AvgIpc) is 2.68. The van der Waals surface area contributed by atoms with Crippen LogP contribution in [0.4, 0.5) is 0 Å². The van der Waals surface area contributed by atoms with Crippen molar-refractivity contribution in [1.82, 2.24) is 9.88 Å². The molecule has 3 nitrogen and oxygen atoms in total. The first-order valence-corrected chi connectivity index (χ1v) is 8.13. The number of rotatable bonds is 4. The zero-order valence-electron chi connectivity index (χ0n) is 12.7. The molecule has 0 bridgehead atoms. The molecule has 1 fully saturated rings. The molecule has 1 aliphatic carbocycles. The zero-order valence-corrected chi connectivity index (χ0v) is 13.5. The Bertz CT molecular complexity index is 400. The second kappa shape index (κ2) is 5.90. The summed E-state index contributed by atoms with van der Waals surface area (Å²) in [6, 6.07) is 0.188. The van der Waals surface area contributed by atoms with Gasteiger partial charge in [-0.05, 0) is 40.8 Å². The second-order valence-electron chi connectivity index (χ2n) is 6.12. The van der Waals surface area contributed by atoms with Crippen LogP contribution in [0.1, 0.15) is 47.7 Å². The Labute approximate surface area is 121 Å². The van der Waals surface area contributed by atoms with Crippen LogP contribution in [0, 0.1) is 13.8 Å². The third-order valence-electron chi connectivity index (χ3n) is 4.77. The summed E-state index contributed by atoms with van der Waals surface area (Å²) in [6.45, 7) is 4.23. The highest BCUT2D eigenvalue weighted by Gasteiger charge is 2.40. The van der Waals surface area contributed by atoms with Crippen molar-refractivity contribution in [1.29, 1.82) is 0 Å². The minimum atomic E-state index is 0.172. The molecule has 19 heavy (non-hydrogen) atoms. The topological polar surface area (TPSA) is 42.1 Å². The Hall–Kier alpha value is -0.450. The Kier molecular flexibility index (Phi) is 4.64. The molecule has 2 rings (SSSR count). The number of thiazole rings is 1.